The highest BCUT2D eigenvalue weighted by atomic mass is 16.6. The summed E-state index contributed by atoms with van der Waals surface area (Å²) in [4.78, 5) is 13.6. The molecular weight excluding hydrogens is 390 g/mol. The second-order valence-electron chi connectivity index (χ2n) is 5.80. The van der Waals surface area contributed by atoms with Crippen LogP contribution in [0.25, 0.3) is 6.08 Å². The van der Waals surface area contributed by atoms with E-state index in [9.17, 15) is 4.79 Å². The number of nitrogens with zero attached hydrogens (tertiary/aromatic N) is 1. The van der Waals surface area contributed by atoms with Gasteiger partial charge in [-0.2, -0.15) is 0 Å². The molecule has 1 amide bonds. The van der Waals surface area contributed by atoms with Gasteiger partial charge in [-0.1, -0.05) is 24.3 Å². The van der Waals surface area contributed by atoms with Gasteiger partial charge >= 0.3 is 6.09 Å². The molecule has 0 N–H and O–H groups in total. The van der Waals surface area contributed by atoms with Crippen LogP contribution in [-0.2, 0) is 28.4 Å². The second kappa shape index (κ2) is 19.0. The van der Waals surface area contributed by atoms with Gasteiger partial charge in [-0.25, -0.2) is 9.69 Å². The van der Waals surface area contributed by atoms with E-state index in [0.29, 0.717) is 39.6 Å². The normalized spacial score (nSPS) is 14.1. The van der Waals surface area contributed by atoms with Crippen molar-refractivity contribution in [3.63, 3.8) is 0 Å². The fraction of sp³-hybridized carbons (Fsp3) is 0.591. The van der Waals surface area contributed by atoms with Gasteiger partial charge in [0.25, 0.3) is 0 Å². The first-order valence-electron chi connectivity index (χ1n) is 9.91. The minimum atomic E-state index is -0.399. The van der Waals surface area contributed by atoms with Crippen molar-refractivity contribution >= 4 is 17.9 Å². The van der Waals surface area contributed by atoms with E-state index in [1.54, 1.807) is 40.3 Å². The number of methoxy groups -OCH3 is 4. The predicted octanol–water partition coefficient (Wildman–Crippen LogP) is 3.60. The van der Waals surface area contributed by atoms with Crippen LogP contribution >= 0.6 is 0 Å². The van der Waals surface area contributed by atoms with Crippen LogP contribution in [-0.4, -0.2) is 80.4 Å². The van der Waals surface area contributed by atoms with E-state index in [1.807, 2.05) is 43.3 Å². The first kappa shape index (κ1) is 28.0. The van der Waals surface area contributed by atoms with Crippen LogP contribution in [0, 0.1) is 0 Å². The van der Waals surface area contributed by atoms with E-state index in [-0.39, 0.29) is 6.09 Å². The summed E-state index contributed by atoms with van der Waals surface area (Å²) in [7, 11) is 6.61. The average Bonchev–Trinajstić information content (AvgIpc) is 2.77. The molecule has 1 aliphatic rings. The molecule has 2 rings (SSSR count). The number of rotatable bonds is 9. The van der Waals surface area contributed by atoms with Gasteiger partial charge < -0.3 is 28.4 Å². The SMILES string of the molecule is CCOC(=O)N1c2ccccc2C=CC1OCC.COCCOC.COCCOC. The summed E-state index contributed by atoms with van der Waals surface area (Å²) in [5, 5.41) is 0. The Kier molecular flexibility index (Phi) is 17.8. The molecule has 8 heteroatoms. The maximum atomic E-state index is 12.0. The van der Waals surface area contributed by atoms with E-state index in [4.69, 9.17) is 9.47 Å². The molecule has 172 valence electrons. The number of para-hydroxylation sites is 1. The first-order chi connectivity index (χ1) is 14.6. The van der Waals surface area contributed by atoms with Crippen molar-refractivity contribution in [2.45, 2.75) is 20.1 Å². The minimum Gasteiger partial charge on any atom is -0.449 e. The molecule has 1 aliphatic heterocycles. The van der Waals surface area contributed by atoms with Gasteiger partial charge in [-0.15, -0.1) is 0 Å². The van der Waals surface area contributed by atoms with Crippen LogP contribution < -0.4 is 4.90 Å². The Morgan fingerprint density at radius 3 is 1.87 bits per heavy atom. The summed E-state index contributed by atoms with van der Waals surface area (Å²) in [5.74, 6) is 0. The van der Waals surface area contributed by atoms with Crippen LogP contribution in [0.15, 0.2) is 30.3 Å². The maximum Gasteiger partial charge on any atom is 0.416 e. The first-order valence-corrected chi connectivity index (χ1v) is 9.91. The fourth-order valence-corrected chi connectivity index (χ4v) is 2.29. The summed E-state index contributed by atoms with van der Waals surface area (Å²) in [6, 6.07) is 7.68. The van der Waals surface area contributed by atoms with E-state index >= 15 is 0 Å². The molecule has 0 radical (unpaired) electrons. The van der Waals surface area contributed by atoms with E-state index in [1.165, 1.54) is 0 Å². The molecule has 30 heavy (non-hydrogen) atoms. The van der Waals surface area contributed by atoms with Crippen molar-refractivity contribution in [3.8, 4) is 0 Å². The van der Waals surface area contributed by atoms with Gasteiger partial charge in [0.2, 0.25) is 0 Å². The standard InChI is InChI=1S/C14H17NO3.2C4H10O2/c1-3-17-13-10-9-11-7-5-6-8-12(11)15(13)14(16)18-4-2;2*1-5-3-4-6-2/h5-10,13H,3-4H2,1-2H3;2*3-4H2,1-2H3. The summed E-state index contributed by atoms with van der Waals surface area (Å²) < 4.78 is 29.3. The lowest BCUT2D eigenvalue weighted by Crippen LogP contribution is -2.43. The molecule has 1 atom stereocenters. The quantitative estimate of drug-likeness (QED) is 0.557. The summed E-state index contributed by atoms with van der Waals surface area (Å²) in [6.45, 7) is 7.34. The van der Waals surface area contributed by atoms with Crippen molar-refractivity contribution in [2.75, 3.05) is 73.0 Å². The van der Waals surface area contributed by atoms with Gasteiger partial charge in [-0.3, -0.25) is 0 Å². The van der Waals surface area contributed by atoms with Gasteiger partial charge in [-0.05, 0) is 31.6 Å². The summed E-state index contributed by atoms with van der Waals surface area (Å²) >= 11 is 0. The number of amides is 1. The average molecular weight is 428 g/mol. The van der Waals surface area contributed by atoms with Gasteiger partial charge in [0, 0.05) is 35.0 Å². The molecule has 0 saturated heterocycles. The largest absolute Gasteiger partial charge is 0.449 e. The Labute approximate surface area is 180 Å². The molecule has 0 aromatic heterocycles. The number of carbonyl (C=O) groups is 1. The number of fused-ring (bicyclic) bond motifs is 1. The Morgan fingerprint density at radius 2 is 1.40 bits per heavy atom. The molecule has 0 bridgehead atoms. The van der Waals surface area contributed by atoms with Crippen LogP contribution in [0.4, 0.5) is 10.5 Å². The van der Waals surface area contributed by atoms with Crippen molar-refractivity contribution < 1.29 is 33.2 Å². The fourth-order valence-electron chi connectivity index (χ4n) is 2.29. The molecule has 8 nitrogen and oxygen atoms in total. The lowest BCUT2D eigenvalue weighted by Gasteiger charge is -2.32. The maximum absolute atomic E-state index is 12.0. The molecule has 1 aromatic carbocycles. The highest BCUT2D eigenvalue weighted by Crippen LogP contribution is 2.29. The van der Waals surface area contributed by atoms with Gasteiger partial charge in [0.1, 0.15) is 0 Å². The lowest BCUT2D eigenvalue weighted by atomic mass is 10.1. The zero-order valence-corrected chi connectivity index (χ0v) is 19.1. The molecule has 0 saturated carbocycles. The molecule has 1 heterocycles. The number of carbonyl (C=O) groups excluding carboxylic acids is 1. The van der Waals surface area contributed by atoms with Crippen LogP contribution in [0.2, 0.25) is 0 Å². The molecular formula is C22H37NO7. The van der Waals surface area contributed by atoms with Crippen LogP contribution in [0.1, 0.15) is 19.4 Å². The van der Waals surface area contributed by atoms with E-state index < -0.39 is 6.23 Å². The third-order valence-electron chi connectivity index (χ3n) is 3.68. The zero-order valence-electron chi connectivity index (χ0n) is 19.1. The Morgan fingerprint density at radius 1 is 0.867 bits per heavy atom. The topological polar surface area (TPSA) is 75.7 Å². The molecule has 0 spiro atoms. The highest BCUT2D eigenvalue weighted by molar-refractivity contribution is 5.93. The Hall–Kier alpha value is -1.97. The second-order valence-corrected chi connectivity index (χ2v) is 5.80. The summed E-state index contributed by atoms with van der Waals surface area (Å²) in [6.07, 6.45) is 3.05. The molecule has 1 unspecified atom stereocenters. The van der Waals surface area contributed by atoms with Gasteiger partial charge in [0.05, 0.1) is 38.7 Å². The molecule has 0 fully saturated rings. The lowest BCUT2D eigenvalue weighted by molar-refractivity contribution is 0.0830. The van der Waals surface area contributed by atoms with E-state index in [2.05, 4.69) is 18.9 Å². The number of ether oxygens (including phenoxy) is 6. The predicted molar refractivity (Wildman–Crippen MR) is 118 cm³/mol. The van der Waals surface area contributed by atoms with Crippen molar-refractivity contribution in [3.05, 3.63) is 35.9 Å². The Bertz CT molecular complexity index is 564. The van der Waals surface area contributed by atoms with Crippen LogP contribution in [0.3, 0.4) is 0 Å². The molecule has 0 aliphatic carbocycles. The van der Waals surface area contributed by atoms with E-state index in [0.717, 1.165) is 11.3 Å². The Balaban J connectivity index is 0.000000580. The highest BCUT2D eigenvalue weighted by Gasteiger charge is 2.29. The smallest absolute Gasteiger partial charge is 0.416 e. The zero-order chi connectivity index (χ0) is 22.6. The van der Waals surface area contributed by atoms with Gasteiger partial charge in [0.15, 0.2) is 6.23 Å². The van der Waals surface area contributed by atoms with Crippen molar-refractivity contribution in [2.24, 2.45) is 0 Å². The third kappa shape index (κ3) is 11.3. The summed E-state index contributed by atoms with van der Waals surface area (Å²) in [5.41, 5.74) is 1.80. The van der Waals surface area contributed by atoms with Crippen molar-refractivity contribution in [1.82, 2.24) is 0 Å². The third-order valence-corrected chi connectivity index (χ3v) is 3.68. The number of anilines is 1. The monoisotopic (exact) mass is 427 g/mol. The number of hydrogen-bond acceptors (Lipinski definition) is 7. The number of hydrogen-bond donors (Lipinski definition) is 0. The van der Waals surface area contributed by atoms with Crippen LogP contribution in [0.5, 0.6) is 0 Å². The number of benzene rings is 1. The molecule has 1 aromatic rings. The minimum absolute atomic E-state index is 0.347. The van der Waals surface area contributed by atoms with Crippen molar-refractivity contribution in [1.29, 1.82) is 0 Å².